The normalized spacial score (nSPS) is 12.4. The molecular weight excluding hydrogens is 228 g/mol. The van der Waals surface area contributed by atoms with E-state index in [1.165, 1.54) is 0 Å². The highest BCUT2D eigenvalue weighted by Gasteiger charge is 2.16. The van der Waals surface area contributed by atoms with Crippen LogP contribution in [0.25, 0.3) is 0 Å². The number of rotatable bonds is 7. The van der Waals surface area contributed by atoms with Gasteiger partial charge in [-0.25, -0.2) is 0 Å². The molecule has 1 atom stereocenters. The van der Waals surface area contributed by atoms with Gasteiger partial charge < -0.3 is 10.4 Å². The first-order valence-electron chi connectivity index (χ1n) is 6.52. The van der Waals surface area contributed by atoms with E-state index in [1.807, 2.05) is 32.0 Å². The van der Waals surface area contributed by atoms with Crippen molar-refractivity contribution in [2.24, 2.45) is 5.92 Å². The predicted octanol–water partition coefficient (Wildman–Crippen LogP) is 1.54. The molecule has 0 spiro atoms. The van der Waals surface area contributed by atoms with Crippen LogP contribution in [-0.2, 0) is 11.2 Å². The summed E-state index contributed by atoms with van der Waals surface area (Å²) in [4.78, 5) is 15.7. The average molecular weight is 250 g/mol. The third-order valence-corrected chi connectivity index (χ3v) is 3.17. The van der Waals surface area contributed by atoms with Crippen LogP contribution in [0.4, 0.5) is 0 Å². The number of nitrogens with zero attached hydrogens (tertiary/aromatic N) is 1. The minimum atomic E-state index is -0.465. The van der Waals surface area contributed by atoms with E-state index in [9.17, 15) is 9.90 Å². The molecule has 0 bridgehead atoms. The number of carbonyl (C=O) groups is 1. The minimum Gasteiger partial charge on any atom is -0.391 e. The number of aliphatic hydroxyl groups excluding tert-OH is 1. The number of aromatic nitrogens is 1. The SMILES string of the molecule is CCC(CC)C(O)CNC(=O)Cc1ccccn1. The van der Waals surface area contributed by atoms with Gasteiger partial charge in [0.25, 0.3) is 0 Å². The summed E-state index contributed by atoms with van der Waals surface area (Å²) in [7, 11) is 0. The van der Waals surface area contributed by atoms with E-state index in [2.05, 4.69) is 10.3 Å². The van der Waals surface area contributed by atoms with Crippen LogP contribution < -0.4 is 5.32 Å². The summed E-state index contributed by atoms with van der Waals surface area (Å²) >= 11 is 0. The summed E-state index contributed by atoms with van der Waals surface area (Å²) in [6, 6.07) is 5.49. The monoisotopic (exact) mass is 250 g/mol. The number of pyridine rings is 1. The predicted molar refractivity (Wildman–Crippen MR) is 71.0 cm³/mol. The zero-order chi connectivity index (χ0) is 13.4. The van der Waals surface area contributed by atoms with E-state index in [1.54, 1.807) is 6.20 Å². The van der Waals surface area contributed by atoms with Gasteiger partial charge in [-0.1, -0.05) is 32.8 Å². The van der Waals surface area contributed by atoms with Crippen LogP contribution in [0.5, 0.6) is 0 Å². The van der Waals surface area contributed by atoms with Gasteiger partial charge in [0, 0.05) is 18.4 Å². The Labute approximate surface area is 108 Å². The van der Waals surface area contributed by atoms with Crippen LogP contribution >= 0.6 is 0 Å². The highest BCUT2D eigenvalue weighted by molar-refractivity contribution is 5.78. The Balaban J connectivity index is 2.33. The molecule has 1 amide bonds. The molecule has 0 aliphatic rings. The van der Waals surface area contributed by atoms with Crippen molar-refractivity contribution in [2.45, 2.75) is 39.2 Å². The first-order valence-corrected chi connectivity index (χ1v) is 6.52. The number of aliphatic hydroxyl groups is 1. The maximum atomic E-state index is 11.7. The van der Waals surface area contributed by atoms with Crippen LogP contribution in [0.15, 0.2) is 24.4 Å². The van der Waals surface area contributed by atoms with Crippen LogP contribution in [0.1, 0.15) is 32.4 Å². The second kappa shape index (κ2) is 7.82. The molecule has 1 aromatic rings. The van der Waals surface area contributed by atoms with Gasteiger partial charge in [-0.2, -0.15) is 0 Å². The third kappa shape index (κ3) is 4.84. The summed E-state index contributed by atoms with van der Waals surface area (Å²) in [6.45, 7) is 4.41. The standard InChI is InChI=1S/C14H22N2O2/c1-3-11(4-2)13(17)10-16-14(18)9-12-7-5-6-8-15-12/h5-8,11,13,17H,3-4,9-10H2,1-2H3,(H,16,18). The zero-order valence-electron chi connectivity index (χ0n) is 11.1. The van der Waals surface area contributed by atoms with E-state index in [0.717, 1.165) is 18.5 Å². The zero-order valence-corrected chi connectivity index (χ0v) is 11.1. The van der Waals surface area contributed by atoms with E-state index in [0.29, 0.717) is 6.54 Å². The number of hydrogen-bond donors (Lipinski definition) is 2. The highest BCUT2D eigenvalue weighted by Crippen LogP contribution is 2.12. The average Bonchev–Trinajstić information content (AvgIpc) is 2.39. The Morgan fingerprint density at radius 3 is 2.67 bits per heavy atom. The molecular formula is C14H22N2O2. The van der Waals surface area contributed by atoms with E-state index in [-0.39, 0.29) is 18.2 Å². The number of hydrogen-bond acceptors (Lipinski definition) is 3. The Morgan fingerprint density at radius 2 is 2.11 bits per heavy atom. The first kappa shape index (κ1) is 14.6. The van der Waals surface area contributed by atoms with Gasteiger partial charge in [-0.3, -0.25) is 9.78 Å². The maximum Gasteiger partial charge on any atom is 0.226 e. The van der Waals surface area contributed by atoms with Gasteiger partial charge in [-0.15, -0.1) is 0 Å². The highest BCUT2D eigenvalue weighted by atomic mass is 16.3. The fourth-order valence-electron chi connectivity index (χ4n) is 1.95. The molecule has 0 fully saturated rings. The fraction of sp³-hybridized carbons (Fsp3) is 0.571. The number of carbonyl (C=O) groups excluding carboxylic acids is 1. The van der Waals surface area contributed by atoms with Crippen molar-refractivity contribution in [1.82, 2.24) is 10.3 Å². The summed E-state index contributed by atoms with van der Waals surface area (Å²) in [5.41, 5.74) is 0.743. The molecule has 0 radical (unpaired) electrons. The lowest BCUT2D eigenvalue weighted by atomic mass is 9.96. The van der Waals surface area contributed by atoms with Gasteiger partial charge in [0.05, 0.1) is 12.5 Å². The molecule has 0 aliphatic carbocycles. The van der Waals surface area contributed by atoms with Crippen molar-refractivity contribution in [1.29, 1.82) is 0 Å². The topological polar surface area (TPSA) is 62.2 Å². The molecule has 0 saturated heterocycles. The van der Waals surface area contributed by atoms with Gasteiger partial charge in [-0.05, 0) is 18.1 Å². The van der Waals surface area contributed by atoms with Gasteiger partial charge in [0.1, 0.15) is 0 Å². The summed E-state index contributed by atoms with van der Waals surface area (Å²) in [6.07, 6.45) is 3.31. The van der Waals surface area contributed by atoms with Crippen LogP contribution in [-0.4, -0.2) is 28.6 Å². The second-order valence-corrected chi connectivity index (χ2v) is 4.45. The molecule has 1 heterocycles. The Hall–Kier alpha value is -1.42. The van der Waals surface area contributed by atoms with Crippen LogP contribution in [0.2, 0.25) is 0 Å². The van der Waals surface area contributed by atoms with Crippen molar-refractivity contribution < 1.29 is 9.90 Å². The maximum absolute atomic E-state index is 11.7. The molecule has 1 aromatic heterocycles. The lowest BCUT2D eigenvalue weighted by Crippen LogP contribution is -2.36. The minimum absolute atomic E-state index is 0.0984. The number of amides is 1. The summed E-state index contributed by atoms with van der Waals surface area (Å²) < 4.78 is 0. The van der Waals surface area contributed by atoms with Gasteiger partial charge in [0.2, 0.25) is 5.91 Å². The lowest BCUT2D eigenvalue weighted by Gasteiger charge is -2.20. The van der Waals surface area contributed by atoms with Crippen molar-refractivity contribution in [2.75, 3.05) is 6.54 Å². The van der Waals surface area contributed by atoms with E-state index < -0.39 is 6.10 Å². The smallest absolute Gasteiger partial charge is 0.226 e. The van der Waals surface area contributed by atoms with E-state index in [4.69, 9.17) is 0 Å². The molecule has 100 valence electrons. The molecule has 0 saturated carbocycles. The third-order valence-electron chi connectivity index (χ3n) is 3.17. The number of nitrogens with one attached hydrogen (secondary N) is 1. The molecule has 0 aromatic carbocycles. The first-order chi connectivity index (χ1) is 8.67. The van der Waals surface area contributed by atoms with Crippen molar-refractivity contribution in [3.63, 3.8) is 0 Å². The quantitative estimate of drug-likeness (QED) is 0.771. The van der Waals surface area contributed by atoms with E-state index >= 15 is 0 Å². The fourth-order valence-corrected chi connectivity index (χ4v) is 1.95. The second-order valence-electron chi connectivity index (χ2n) is 4.45. The van der Waals surface area contributed by atoms with Gasteiger partial charge in [0.15, 0.2) is 0 Å². The van der Waals surface area contributed by atoms with Gasteiger partial charge >= 0.3 is 0 Å². The lowest BCUT2D eigenvalue weighted by molar-refractivity contribution is -0.121. The Kier molecular flexibility index (Phi) is 6.36. The molecule has 1 rings (SSSR count). The van der Waals surface area contributed by atoms with Crippen molar-refractivity contribution >= 4 is 5.91 Å². The molecule has 0 aliphatic heterocycles. The van der Waals surface area contributed by atoms with Crippen LogP contribution in [0, 0.1) is 5.92 Å². The molecule has 4 nitrogen and oxygen atoms in total. The summed E-state index contributed by atoms with van der Waals surface area (Å²) in [5.74, 6) is 0.152. The van der Waals surface area contributed by atoms with Crippen molar-refractivity contribution in [3.05, 3.63) is 30.1 Å². The van der Waals surface area contributed by atoms with Crippen molar-refractivity contribution in [3.8, 4) is 0 Å². The largest absolute Gasteiger partial charge is 0.391 e. The molecule has 1 unspecified atom stereocenters. The molecule has 18 heavy (non-hydrogen) atoms. The summed E-state index contributed by atoms with van der Waals surface area (Å²) in [5, 5.41) is 12.6. The Morgan fingerprint density at radius 1 is 1.39 bits per heavy atom. The molecule has 4 heteroatoms. The Bertz CT molecular complexity index is 350. The van der Waals surface area contributed by atoms with Crippen LogP contribution in [0.3, 0.4) is 0 Å². The molecule has 2 N–H and O–H groups in total.